The van der Waals surface area contributed by atoms with Crippen molar-refractivity contribution >= 4 is 28.0 Å². The van der Waals surface area contributed by atoms with Crippen molar-refractivity contribution in [3.8, 4) is 0 Å². The Bertz CT molecular complexity index is 2080. The van der Waals surface area contributed by atoms with Crippen molar-refractivity contribution in [2.75, 3.05) is 0 Å². The van der Waals surface area contributed by atoms with E-state index < -0.39 is 163 Å². The SMILES string of the molecule is FC(F)=C(F)C[n+]1ccccc1.Fc1c(F)c(F)c([B-](c2c(F)c(F)c(F)c(F)c2F)(c2c(F)c(F)c(F)c(F)c2F)c2c(F)c(F)c(F)c(F)c2F)c(F)c1F. The molecule has 25 heteroatoms. The van der Waals surface area contributed by atoms with Crippen LogP contribution in [0.25, 0.3) is 0 Å². The van der Waals surface area contributed by atoms with E-state index in [0.29, 0.717) is 0 Å². The number of allylic oxidation sites excluding steroid dienone is 1. The second-order valence-corrected chi connectivity index (χ2v) is 11.0. The molecule has 0 amide bonds. The van der Waals surface area contributed by atoms with Crippen LogP contribution in [-0.4, -0.2) is 6.15 Å². The summed E-state index contributed by atoms with van der Waals surface area (Å²) in [4.78, 5) is 0. The van der Waals surface area contributed by atoms with Gasteiger partial charge >= 0.3 is 6.08 Å². The van der Waals surface area contributed by atoms with Crippen LogP contribution in [0.2, 0.25) is 0 Å². The molecule has 0 aliphatic rings. The molecule has 1 heterocycles. The van der Waals surface area contributed by atoms with E-state index in [-0.39, 0.29) is 0 Å². The third-order valence-electron chi connectivity index (χ3n) is 8.01. The largest absolute Gasteiger partial charge is 0.308 e. The standard InChI is InChI=1S/C24BF20.C8H7F3N/c26-5-1(6(27)14(35)21(42)13(5)34)25(2-7(28)15(36)22(43)16(37)8(2)29,3-9(30)17(38)23(44)18(39)10(3)31)4-11(32)19(40)24(45)20(41)12(4)33;9-7(8(10)11)6-12-4-2-1-3-5-12/h;1-5H,6H2/q-1;+1. The van der Waals surface area contributed by atoms with Gasteiger partial charge in [-0.05, 0) is 0 Å². The van der Waals surface area contributed by atoms with E-state index in [1.807, 2.05) is 0 Å². The van der Waals surface area contributed by atoms with Crippen LogP contribution in [0.1, 0.15) is 0 Å². The summed E-state index contributed by atoms with van der Waals surface area (Å²) in [7, 11) is 0. The normalized spacial score (nSPS) is 11.5. The smallest absolute Gasteiger partial charge is 0.207 e. The van der Waals surface area contributed by atoms with Gasteiger partial charge in [-0.3, -0.25) is 0 Å². The molecule has 0 fully saturated rings. The van der Waals surface area contributed by atoms with Gasteiger partial charge in [0, 0.05) is 12.1 Å². The third kappa shape index (κ3) is 6.89. The Hall–Kier alpha value is -5.78. The average Bonchev–Trinajstić information content (AvgIpc) is 3.18. The lowest BCUT2D eigenvalue weighted by atomic mass is 9.12. The van der Waals surface area contributed by atoms with E-state index in [1.165, 1.54) is 17.0 Å². The number of pyridine rings is 1. The zero-order valence-electron chi connectivity index (χ0n) is 26.3. The van der Waals surface area contributed by atoms with Crippen molar-refractivity contribution < 1.29 is 106 Å². The minimum Gasteiger partial charge on any atom is -0.207 e. The molecule has 4 aromatic carbocycles. The number of hydrogen-bond donors (Lipinski definition) is 0. The molecule has 0 saturated heterocycles. The first-order valence-electron chi connectivity index (χ1n) is 14.3. The minimum atomic E-state index is -7.22. The van der Waals surface area contributed by atoms with Crippen molar-refractivity contribution in [3.05, 3.63) is 159 Å². The Kier molecular flexibility index (Phi) is 12.3. The van der Waals surface area contributed by atoms with Gasteiger partial charge in [-0.25, -0.2) is 87.8 Å². The molecule has 5 aromatic rings. The Balaban J connectivity index is 0.000000512. The summed E-state index contributed by atoms with van der Waals surface area (Å²) < 4.78 is 331. The van der Waals surface area contributed by atoms with Crippen molar-refractivity contribution in [1.82, 2.24) is 0 Å². The predicted octanol–water partition coefficient (Wildman–Crippen LogP) is 7.90. The summed E-state index contributed by atoms with van der Waals surface area (Å²) in [5, 5.41) is 0. The maximum absolute atomic E-state index is 15.4. The maximum Gasteiger partial charge on any atom is 0.308 e. The van der Waals surface area contributed by atoms with Crippen molar-refractivity contribution in [3.63, 3.8) is 0 Å². The summed E-state index contributed by atoms with van der Waals surface area (Å²) in [6, 6.07) is 5.01. The van der Waals surface area contributed by atoms with Crippen LogP contribution in [0.4, 0.5) is 101 Å². The summed E-state index contributed by atoms with van der Waals surface area (Å²) in [6.45, 7) is -0.414. The van der Waals surface area contributed by atoms with Gasteiger partial charge in [0.15, 0.2) is 82.2 Å². The van der Waals surface area contributed by atoms with Gasteiger partial charge < -0.3 is 0 Å². The minimum absolute atomic E-state index is 0.414. The van der Waals surface area contributed by atoms with Gasteiger partial charge in [0.1, 0.15) is 52.7 Å². The van der Waals surface area contributed by atoms with E-state index in [0.717, 1.165) is 0 Å². The average molecular weight is 853 g/mol. The van der Waals surface area contributed by atoms with Gasteiger partial charge in [0.2, 0.25) is 12.4 Å². The highest BCUT2D eigenvalue weighted by Crippen LogP contribution is 2.30. The van der Waals surface area contributed by atoms with Crippen LogP contribution in [0.5, 0.6) is 0 Å². The highest BCUT2D eigenvalue weighted by atomic mass is 19.3. The molecule has 1 nitrogen and oxygen atoms in total. The number of aromatic nitrogens is 1. The predicted molar refractivity (Wildman–Crippen MR) is 146 cm³/mol. The Morgan fingerprint density at radius 2 is 0.509 bits per heavy atom. The molecular weight excluding hydrogens is 846 g/mol. The van der Waals surface area contributed by atoms with Crippen molar-refractivity contribution in [2.24, 2.45) is 0 Å². The highest BCUT2D eigenvalue weighted by molar-refractivity contribution is 7.20. The van der Waals surface area contributed by atoms with Crippen LogP contribution in [-0.2, 0) is 6.54 Å². The second kappa shape index (κ2) is 16.0. The number of halogens is 23. The fourth-order valence-electron chi connectivity index (χ4n) is 5.63. The fourth-order valence-corrected chi connectivity index (χ4v) is 5.63. The van der Waals surface area contributed by atoms with Gasteiger partial charge in [-0.15, -0.1) is 21.9 Å². The quantitative estimate of drug-likeness (QED) is 0.0539. The topological polar surface area (TPSA) is 3.88 Å². The van der Waals surface area contributed by atoms with Crippen molar-refractivity contribution in [1.29, 1.82) is 0 Å². The number of hydrogen-bond acceptors (Lipinski definition) is 0. The molecule has 0 saturated carbocycles. The van der Waals surface area contributed by atoms with E-state index >= 15 is 35.1 Å². The molecule has 57 heavy (non-hydrogen) atoms. The number of benzene rings is 4. The Labute approximate surface area is 299 Å². The first-order chi connectivity index (χ1) is 26.4. The molecule has 0 aliphatic heterocycles. The summed E-state index contributed by atoms with van der Waals surface area (Å²) in [5.41, 5.74) is -14.3. The molecule has 0 atom stereocenters. The molecule has 0 aliphatic carbocycles. The third-order valence-corrected chi connectivity index (χ3v) is 8.01. The van der Waals surface area contributed by atoms with Crippen LogP contribution < -0.4 is 26.4 Å². The van der Waals surface area contributed by atoms with E-state index in [1.54, 1.807) is 18.2 Å². The molecule has 0 radical (unpaired) electrons. The van der Waals surface area contributed by atoms with Crippen LogP contribution in [0.3, 0.4) is 0 Å². The molecule has 0 unspecified atom stereocenters. The lowest BCUT2D eigenvalue weighted by molar-refractivity contribution is -0.691. The van der Waals surface area contributed by atoms with E-state index in [9.17, 15) is 65.9 Å². The van der Waals surface area contributed by atoms with E-state index in [4.69, 9.17) is 0 Å². The first kappa shape index (κ1) is 43.9. The highest BCUT2D eigenvalue weighted by Gasteiger charge is 2.52. The first-order valence-corrected chi connectivity index (χ1v) is 14.3. The molecule has 0 N–H and O–H groups in total. The van der Waals surface area contributed by atoms with Gasteiger partial charge in [-0.1, -0.05) is 6.07 Å². The zero-order chi connectivity index (χ0) is 43.3. The molecule has 304 valence electrons. The lowest BCUT2D eigenvalue weighted by Gasteiger charge is -2.44. The summed E-state index contributed by atoms with van der Waals surface area (Å²) in [5.74, 6) is -72.8. The maximum atomic E-state index is 15.4. The summed E-state index contributed by atoms with van der Waals surface area (Å²) in [6.07, 6.45) is -6.44. The summed E-state index contributed by atoms with van der Waals surface area (Å²) >= 11 is 0. The fraction of sp³-hybridized carbons (Fsp3) is 0.0312. The number of rotatable bonds is 6. The zero-order valence-corrected chi connectivity index (χ0v) is 26.3. The van der Waals surface area contributed by atoms with Crippen LogP contribution >= 0.6 is 0 Å². The monoisotopic (exact) mass is 853 g/mol. The van der Waals surface area contributed by atoms with E-state index in [2.05, 4.69) is 0 Å². The Morgan fingerprint density at radius 1 is 0.316 bits per heavy atom. The Morgan fingerprint density at radius 3 is 0.702 bits per heavy atom. The molecule has 0 spiro atoms. The van der Waals surface area contributed by atoms with Gasteiger partial charge in [-0.2, -0.15) is 17.7 Å². The molecule has 1 aromatic heterocycles. The van der Waals surface area contributed by atoms with Crippen LogP contribution in [0.15, 0.2) is 42.5 Å². The van der Waals surface area contributed by atoms with Crippen LogP contribution in [0, 0.1) is 116 Å². The molecular formula is C32H7BF23N. The van der Waals surface area contributed by atoms with Gasteiger partial charge in [0.25, 0.3) is 0 Å². The van der Waals surface area contributed by atoms with Crippen molar-refractivity contribution in [2.45, 2.75) is 6.54 Å². The molecule has 0 bridgehead atoms. The number of nitrogens with zero attached hydrogens (tertiary/aromatic N) is 1. The van der Waals surface area contributed by atoms with Gasteiger partial charge in [0.05, 0.1) is 0 Å². The molecule has 5 rings (SSSR count). The second-order valence-electron chi connectivity index (χ2n) is 11.0. The lowest BCUT2D eigenvalue weighted by Crippen LogP contribution is -2.81.